The van der Waals surface area contributed by atoms with Crippen molar-refractivity contribution in [2.75, 3.05) is 0 Å². The molecular formula is C9H16ClN3O2S. The van der Waals surface area contributed by atoms with Crippen LogP contribution in [-0.2, 0) is 17.1 Å². The van der Waals surface area contributed by atoms with Crippen LogP contribution in [0.4, 0.5) is 0 Å². The van der Waals surface area contributed by atoms with Gasteiger partial charge in [0.15, 0.2) is 5.03 Å². The molecule has 2 unspecified atom stereocenters. The summed E-state index contributed by atoms with van der Waals surface area (Å²) in [5.41, 5.74) is 0. The number of imidazole rings is 1. The molecule has 0 saturated heterocycles. The number of hydrogen-bond donors (Lipinski definition) is 1. The Morgan fingerprint density at radius 3 is 2.62 bits per heavy atom. The topological polar surface area (TPSA) is 64.0 Å². The first-order valence-corrected chi connectivity index (χ1v) is 6.87. The first-order valence-electron chi connectivity index (χ1n) is 4.95. The summed E-state index contributed by atoms with van der Waals surface area (Å²) in [6.07, 6.45) is 3.48. The van der Waals surface area contributed by atoms with E-state index in [0.717, 1.165) is 0 Å². The zero-order valence-electron chi connectivity index (χ0n) is 9.51. The number of halogens is 1. The van der Waals surface area contributed by atoms with E-state index in [1.807, 2.05) is 6.92 Å². The van der Waals surface area contributed by atoms with E-state index in [4.69, 9.17) is 11.6 Å². The number of sulfonamides is 1. The minimum atomic E-state index is -3.52. The van der Waals surface area contributed by atoms with Gasteiger partial charge in [-0.15, -0.1) is 11.6 Å². The van der Waals surface area contributed by atoms with Crippen LogP contribution >= 0.6 is 11.6 Å². The zero-order valence-corrected chi connectivity index (χ0v) is 11.1. The summed E-state index contributed by atoms with van der Waals surface area (Å²) in [7, 11) is -1.81. The molecular weight excluding hydrogens is 250 g/mol. The maximum absolute atomic E-state index is 11.8. The Labute approximate surface area is 101 Å². The Balaban J connectivity index is 2.73. The van der Waals surface area contributed by atoms with Crippen LogP contribution in [0.15, 0.2) is 17.6 Å². The zero-order chi connectivity index (χ0) is 12.3. The normalized spacial score (nSPS) is 16.0. The molecule has 0 aliphatic heterocycles. The Hall–Kier alpha value is -0.590. The number of hydrogen-bond acceptors (Lipinski definition) is 3. The Bertz CT molecular complexity index is 441. The molecule has 0 radical (unpaired) electrons. The van der Waals surface area contributed by atoms with Crippen molar-refractivity contribution in [3.8, 4) is 0 Å². The van der Waals surface area contributed by atoms with Gasteiger partial charge >= 0.3 is 0 Å². The van der Waals surface area contributed by atoms with Crippen molar-refractivity contribution in [3.63, 3.8) is 0 Å². The number of nitrogens with zero attached hydrogens (tertiary/aromatic N) is 2. The van der Waals surface area contributed by atoms with Crippen molar-refractivity contribution in [1.29, 1.82) is 0 Å². The van der Waals surface area contributed by atoms with Crippen molar-refractivity contribution in [2.45, 2.75) is 36.7 Å². The van der Waals surface area contributed by atoms with Crippen LogP contribution in [0.1, 0.15) is 20.3 Å². The van der Waals surface area contributed by atoms with E-state index < -0.39 is 10.0 Å². The number of aromatic nitrogens is 2. The first kappa shape index (κ1) is 13.5. The molecule has 0 aliphatic carbocycles. The maximum atomic E-state index is 11.8. The summed E-state index contributed by atoms with van der Waals surface area (Å²) in [6.45, 7) is 3.60. The number of nitrogens with one attached hydrogen (secondary N) is 1. The molecule has 0 aromatic carbocycles. The Morgan fingerprint density at radius 2 is 2.19 bits per heavy atom. The largest absolute Gasteiger partial charge is 0.339 e. The third-order valence-corrected chi connectivity index (χ3v) is 3.64. The fourth-order valence-electron chi connectivity index (χ4n) is 1.39. The molecule has 0 bridgehead atoms. The molecule has 1 aromatic heterocycles. The van der Waals surface area contributed by atoms with Crippen LogP contribution in [-0.4, -0.2) is 29.4 Å². The van der Waals surface area contributed by atoms with Gasteiger partial charge in [0.2, 0.25) is 0 Å². The first-order chi connectivity index (χ1) is 7.31. The average molecular weight is 266 g/mol. The molecule has 1 rings (SSSR count). The van der Waals surface area contributed by atoms with Gasteiger partial charge in [0, 0.05) is 24.7 Å². The van der Waals surface area contributed by atoms with Gasteiger partial charge in [0.1, 0.15) is 0 Å². The summed E-state index contributed by atoms with van der Waals surface area (Å²) in [6, 6.07) is -0.209. The Morgan fingerprint density at radius 1 is 1.56 bits per heavy atom. The molecule has 0 spiro atoms. The van der Waals surface area contributed by atoms with Gasteiger partial charge in [-0.1, -0.05) is 0 Å². The van der Waals surface area contributed by atoms with Crippen molar-refractivity contribution in [2.24, 2.45) is 7.05 Å². The summed E-state index contributed by atoms with van der Waals surface area (Å²) in [4.78, 5) is 3.80. The standard InChI is InChI=1S/C9H16ClN3O2S/c1-7(10)4-8(2)12-16(14,15)9-5-13(3)6-11-9/h5-8,12H,4H2,1-3H3. The van der Waals surface area contributed by atoms with Gasteiger partial charge in [-0.05, 0) is 20.3 Å². The molecule has 0 amide bonds. The van der Waals surface area contributed by atoms with Gasteiger partial charge in [-0.2, -0.15) is 0 Å². The van der Waals surface area contributed by atoms with Crippen LogP contribution in [0.5, 0.6) is 0 Å². The van der Waals surface area contributed by atoms with Crippen LogP contribution in [0, 0.1) is 0 Å². The molecule has 2 atom stereocenters. The van der Waals surface area contributed by atoms with E-state index >= 15 is 0 Å². The van der Waals surface area contributed by atoms with E-state index in [1.54, 1.807) is 18.5 Å². The highest BCUT2D eigenvalue weighted by Gasteiger charge is 2.20. The molecule has 5 nitrogen and oxygen atoms in total. The molecule has 16 heavy (non-hydrogen) atoms. The quantitative estimate of drug-likeness (QED) is 0.811. The lowest BCUT2D eigenvalue weighted by Crippen LogP contribution is -2.34. The number of alkyl halides is 1. The minimum Gasteiger partial charge on any atom is -0.339 e. The van der Waals surface area contributed by atoms with Crippen LogP contribution < -0.4 is 4.72 Å². The van der Waals surface area contributed by atoms with Gasteiger partial charge in [0.05, 0.1) is 6.33 Å². The van der Waals surface area contributed by atoms with E-state index in [0.29, 0.717) is 6.42 Å². The molecule has 0 saturated carbocycles. The lowest BCUT2D eigenvalue weighted by molar-refractivity contribution is 0.543. The van der Waals surface area contributed by atoms with Crippen LogP contribution in [0.2, 0.25) is 0 Å². The Kier molecular flexibility index (Phi) is 4.35. The smallest absolute Gasteiger partial charge is 0.259 e. The average Bonchev–Trinajstić information content (AvgIpc) is 2.49. The second kappa shape index (κ2) is 5.16. The summed E-state index contributed by atoms with van der Waals surface area (Å²) < 4.78 is 27.7. The summed E-state index contributed by atoms with van der Waals surface area (Å²) in [5, 5.41) is -0.0366. The molecule has 92 valence electrons. The SMILES string of the molecule is CC(Cl)CC(C)NS(=O)(=O)c1cn(C)cn1. The molecule has 1 heterocycles. The maximum Gasteiger partial charge on any atom is 0.259 e. The molecule has 1 N–H and O–H groups in total. The molecule has 0 fully saturated rings. The lowest BCUT2D eigenvalue weighted by atomic mass is 10.2. The monoisotopic (exact) mass is 265 g/mol. The molecule has 1 aromatic rings. The van der Waals surface area contributed by atoms with Gasteiger partial charge < -0.3 is 4.57 Å². The predicted molar refractivity (Wildman–Crippen MR) is 62.9 cm³/mol. The number of rotatable bonds is 5. The fourth-order valence-corrected chi connectivity index (χ4v) is 2.89. The third-order valence-electron chi connectivity index (χ3n) is 1.99. The predicted octanol–water partition coefficient (Wildman–Crippen LogP) is 1.10. The van der Waals surface area contributed by atoms with Crippen LogP contribution in [0.25, 0.3) is 0 Å². The lowest BCUT2D eigenvalue weighted by Gasteiger charge is -2.13. The van der Waals surface area contributed by atoms with Crippen molar-refractivity contribution < 1.29 is 8.42 Å². The second-order valence-electron chi connectivity index (χ2n) is 3.92. The fraction of sp³-hybridized carbons (Fsp3) is 0.667. The van der Waals surface area contributed by atoms with Gasteiger partial charge in [-0.25, -0.2) is 18.1 Å². The minimum absolute atomic E-state index is 0.0316. The second-order valence-corrected chi connectivity index (χ2v) is 6.32. The number of aryl methyl sites for hydroxylation is 1. The highest BCUT2D eigenvalue weighted by molar-refractivity contribution is 7.89. The van der Waals surface area contributed by atoms with E-state index in [9.17, 15) is 8.42 Å². The van der Waals surface area contributed by atoms with E-state index in [-0.39, 0.29) is 16.4 Å². The molecule has 7 heteroatoms. The van der Waals surface area contributed by atoms with Crippen LogP contribution in [0.3, 0.4) is 0 Å². The summed E-state index contributed by atoms with van der Waals surface area (Å²) in [5.74, 6) is 0. The van der Waals surface area contributed by atoms with E-state index in [1.165, 1.54) is 12.5 Å². The van der Waals surface area contributed by atoms with E-state index in [2.05, 4.69) is 9.71 Å². The van der Waals surface area contributed by atoms with Crippen molar-refractivity contribution >= 4 is 21.6 Å². The highest BCUT2D eigenvalue weighted by atomic mass is 35.5. The van der Waals surface area contributed by atoms with Crippen molar-refractivity contribution in [1.82, 2.24) is 14.3 Å². The third kappa shape index (κ3) is 3.77. The highest BCUT2D eigenvalue weighted by Crippen LogP contribution is 2.09. The molecule has 0 aliphatic rings. The van der Waals surface area contributed by atoms with Crippen molar-refractivity contribution in [3.05, 3.63) is 12.5 Å². The van der Waals surface area contributed by atoms with Gasteiger partial charge in [-0.3, -0.25) is 0 Å². The summed E-state index contributed by atoms with van der Waals surface area (Å²) >= 11 is 5.80. The van der Waals surface area contributed by atoms with Gasteiger partial charge in [0.25, 0.3) is 10.0 Å².